The van der Waals surface area contributed by atoms with Crippen molar-refractivity contribution in [1.82, 2.24) is 9.88 Å². The maximum absolute atomic E-state index is 12.2. The van der Waals surface area contributed by atoms with Crippen molar-refractivity contribution in [1.29, 1.82) is 5.26 Å². The van der Waals surface area contributed by atoms with Crippen LogP contribution in [0.4, 0.5) is 0 Å². The molecular formula is C20H25N3O3. The summed E-state index contributed by atoms with van der Waals surface area (Å²) in [5, 5.41) is 12.1. The van der Waals surface area contributed by atoms with E-state index < -0.39 is 0 Å². The Balaban J connectivity index is 2.08. The molecule has 0 unspecified atom stereocenters. The van der Waals surface area contributed by atoms with E-state index >= 15 is 0 Å². The van der Waals surface area contributed by atoms with E-state index in [0.29, 0.717) is 26.3 Å². The first-order chi connectivity index (χ1) is 12.6. The molecule has 2 rings (SSSR count). The number of aryl methyl sites for hydroxylation is 1. The third-order valence-electron chi connectivity index (χ3n) is 4.13. The molecule has 0 aliphatic rings. The third-order valence-corrected chi connectivity index (χ3v) is 4.13. The van der Waals surface area contributed by atoms with Crippen LogP contribution in [-0.2, 0) is 16.1 Å². The highest BCUT2D eigenvalue weighted by Crippen LogP contribution is 2.20. The number of ether oxygens (including phenoxy) is 1. The average molecular weight is 355 g/mol. The zero-order valence-electron chi connectivity index (χ0n) is 15.5. The molecule has 2 aromatic heterocycles. The SMILES string of the molecule is CCOCCCNC(=O)/C(C#N)=C/c1cc(C)n(Cc2ccco2)c1C. The van der Waals surface area contributed by atoms with Gasteiger partial charge in [0.05, 0.1) is 12.8 Å². The van der Waals surface area contributed by atoms with Gasteiger partial charge in [-0.05, 0) is 57.0 Å². The number of carbonyl (C=O) groups is 1. The highest BCUT2D eigenvalue weighted by atomic mass is 16.5. The molecule has 0 bridgehead atoms. The van der Waals surface area contributed by atoms with Gasteiger partial charge in [0.1, 0.15) is 17.4 Å². The number of amides is 1. The van der Waals surface area contributed by atoms with Gasteiger partial charge in [-0.1, -0.05) is 0 Å². The van der Waals surface area contributed by atoms with Crippen LogP contribution < -0.4 is 5.32 Å². The second-order valence-electron chi connectivity index (χ2n) is 5.97. The predicted octanol–water partition coefficient (Wildman–Crippen LogP) is 3.20. The van der Waals surface area contributed by atoms with E-state index in [9.17, 15) is 10.1 Å². The number of hydrogen-bond acceptors (Lipinski definition) is 4. The summed E-state index contributed by atoms with van der Waals surface area (Å²) in [5.74, 6) is 0.495. The highest BCUT2D eigenvalue weighted by Gasteiger charge is 2.13. The van der Waals surface area contributed by atoms with Crippen molar-refractivity contribution >= 4 is 12.0 Å². The lowest BCUT2D eigenvalue weighted by Crippen LogP contribution is -2.26. The van der Waals surface area contributed by atoms with Crippen LogP contribution >= 0.6 is 0 Å². The van der Waals surface area contributed by atoms with Gasteiger partial charge in [-0.3, -0.25) is 4.79 Å². The Morgan fingerprint density at radius 2 is 2.27 bits per heavy atom. The summed E-state index contributed by atoms with van der Waals surface area (Å²) >= 11 is 0. The van der Waals surface area contributed by atoms with Crippen molar-refractivity contribution in [2.45, 2.75) is 33.7 Å². The number of rotatable bonds is 9. The van der Waals surface area contributed by atoms with E-state index in [1.165, 1.54) is 0 Å². The minimum Gasteiger partial charge on any atom is -0.467 e. The zero-order chi connectivity index (χ0) is 18.9. The van der Waals surface area contributed by atoms with Crippen molar-refractivity contribution < 1.29 is 13.9 Å². The van der Waals surface area contributed by atoms with Gasteiger partial charge in [0.2, 0.25) is 0 Å². The van der Waals surface area contributed by atoms with Crippen LogP contribution in [0.25, 0.3) is 6.08 Å². The molecule has 1 N–H and O–H groups in total. The lowest BCUT2D eigenvalue weighted by Gasteiger charge is -2.07. The Bertz CT molecular complexity index is 795. The van der Waals surface area contributed by atoms with Gasteiger partial charge in [-0.25, -0.2) is 0 Å². The summed E-state index contributed by atoms with van der Waals surface area (Å²) in [4.78, 5) is 12.2. The maximum atomic E-state index is 12.2. The molecule has 0 saturated heterocycles. The summed E-state index contributed by atoms with van der Waals surface area (Å²) in [7, 11) is 0. The molecule has 0 aromatic carbocycles. The van der Waals surface area contributed by atoms with E-state index in [-0.39, 0.29) is 11.5 Å². The molecule has 26 heavy (non-hydrogen) atoms. The van der Waals surface area contributed by atoms with E-state index in [1.54, 1.807) is 12.3 Å². The Kier molecular flexibility index (Phi) is 7.24. The Hall–Kier alpha value is -2.78. The Morgan fingerprint density at radius 3 is 2.92 bits per heavy atom. The van der Waals surface area contributed by atoms with Gasteiger partial charge < -0.3 is 19.0 Å². The number of carbonyl (C=O) groups excluding carboxylic acids is 1. The molecule has 0 aliphatic heterocycles. The lowest BCUT2D eigenvalue weighted by molar-refractivity contribution is -0.117. The summed E-state index contributed by atoms with van der Waals surface area (Å²) in [5.41, 5.74) is 2.98. The molecule has 0 fully saturated rings. The average Bonchev–Trinajstić information content (AvgIpc) is 3.23. The molecule has 0 radical (unpaired) electrons. The molecule has 6 nitrogen and oxygen atoms in total. The molecule has 0 atom stereocenters. The number of nitrogens with zero attached hydrogens (tertiary/aromatic N) is 2. The first-order valence-corrected chi connectivity index (χ1v) is 8.73. The van der Waals surface area contributed by atoms with Gasteiger partial charge in [0, 0.05) is 31.1 Å². The van der Waals surface area contributed by atoms with Crippen LogP contribution in [0.2, 0.25) is 0 Å². The number of hydrogen-bond donors (Lipinski definition) is 1. The van der Waals surface area contributed by atoms with Crippen molar-refractivity contribution in [2.24, 2.45) is 0 Å². The monoisotopic (exact) mass is 355 g/mol. The number of furan rings is 1. The number of aromatic nitrogens is 1. The van der Waals surface area contributed by atoms with E-state index in [1.807, 2.05) is 45.0 Å². The van der Waals surface area contributed by atoms with Gasteiger partial charge in [-0.2, -0.15) is 5.26 Å². The second kappa shape index (κ2) is 9.64. The third kappa shape index (κ3) is 5.11. The summed E-state index contributed by atoms with van der Waals surface area (Å²) in [6.45, 7) is 8.24. The molecule has 1 amide bonds. The predicted molar refractivity (Wildman–Crippen MR) is 99.4 cm³/mol. The van der Waals surface area contributed by atoms with Crippen molar-refractivity contribution in [3.8, 4) is 6.07 Å². The van der Waals surface area contributed by atoms with Crippen molar-refractivity contribution in [2.75, 3.05) is 19.8 Å². The van der Waals surface area contributed by atoms with Crippen LogP contribution in [0.3, 0.4) is 0 Å². The van der Waals surface area contributed by atoms with Crippen molar-refractivity contribution in [3.63, 3.8) is 0 Å². The summed E-state index contributed by atoms with van der Waals surface area (Å²) in [6.07, 6.45) is 4.00. The normalized spacial score (nSPS) is 11.4. The first kappa shape index (κ1) is 19.5. The molecule has 0 aliphatic carbocycles. The second-order valence-corrected chi connectivity index (χ2v) is 5.97. The zero-order valence-corrected chi connectivity index (χ0v) is 15.5. The topological polar surface area (TPSA) is 80.2 Å². The van der Waals surface area contributed by atoms with Crippen molar-refractivity contribution in [3.05, 3.63) is 52.7 Å². The quantitative estimate of drug-likeness (QED) is 0.425. The smallest absolute Gasteiger partial charge is 0.261 e. The molecule has 2 heterocycles. The molecule has 138 valence electrons. The molecule has 0 spiro atoms. The van der Waals surface area contributed by atoms with E-state index in [0.717, 1.165) is 29.1 Å². The minimum atomic E-state index is -0.361. The van der Waals surface area contributed by atoms with Crippen LogP contribution in [0, 0.1) is 25.2 Å². The van der Waals surface area contributed by atoms with Gasteiger partial charge in [-0.15, -0.1) is 0 Å². The molecular weight excluding hydrogens is 330 g/mol. The minimum absolute atomic E-state index is 0.0969. The maximum Gasteiger partial charge on any atom is 0.261 e. The van der Waals surface area contributed by atoms with Crippen LogP contribution in [0.1, 0.15) is 36.1 Å². The highest BCUT2D eigenvalue weighted by molar-refractivity contribution is 6.01. The first-order valence-electron chi connectivity index (χ1n) is 8.73. The van der Waals surface area contributed by atoms with Crippen LogP contribution in [0.5, 0.6) is 0 Å². The fourth-order valence-corrected chi connectivity index (χ4v) is 2.70. The summed E-state index contributed by atoms with van der Waals surface area (Å²) in [6, 6.07) is 7.74. The fraction of sp³-hybridized carbons (Fsp3) is 0.400. The molecule has 2 aromatic rings. The van der Waals surface area contributed by atoms with E-state index in [2.05, 4.69) is 9.88 Å². The fourth-order valence-electron chi connectivity index (χ4n) is 2.70. The summed E-state index contributed by atoms with van der Waals surface area (Å²) < 4.78 is 12.7. The number of nitriles is 1. The Labute approximate surface area is 154 Å². The Morgan fingerprint density at radius 1 is 1.46 bits per heavy atom. The standard InChI is InChI=1S/C20H25N3O3/c1-4-25-9-6-8-22-20(24)18(13-21)12-17-11-15(2)23(16(17)3)14-19-7-5-10-26-19/h5,7,10-12H,4,6,8-9,14H2,1-3H3,(H,22,24)/b18-12+. The van der Waals surface area contributed by atoms with Crippen LogP contribution in [0.15, 0.2) is 34.5 Å². The molecule has 0 saturated carbocycles. The van der Waals surface area contributed by atoms with Crippen LogP contribution in [-0.4, -0.2) is 30.2 Å². The number of nitrogens with one attached hydrogen (secondary N) is 1. The van der Waals surface area contributed by atoms with E-state index in [4.69, 9.17) is 9.15 Å². The van der Waals surface area contributed by atoms with Gasteiger partial charge in [0.15, 0.2) is 0 Å². The van der Waals surface area contributed by atoms with Gasteiger partial charge >= 0.3 is 0 Å². The molecule has 6 heteroatoms. The largest absolute Gasteiger partial charge is 0.467 e. The lowest BCUT2D eigenvalue weighted by atomic mass is 10.1. The van der Waals surface area contributed by atoms with Gasteiger partial charge in [0.25, 0.3) is 5.91 Å².